The van der Waals surface area contributed by atoms with Crippen LogP contribution in [0.1, 0.15) is 11.3 Å². The van der Waals surface area contributed by atoms with E-state index in [1.165, 1.54) is 33.3 Å². The van der Waals surface area contributed by atoms with Gasteiger partial charge in [0.25, 0.3) is 0 Å². The van der Waals surface area contributed by atoms with Gasteiger partial charge < -0.3 is 10.1 Å². The van der Waals surface area contributed by atoms with Crippen LogP contribution < -0.4 is 10.1 Å². The van der Waals surface area contributed by atoms with E-state index in [1.54, 1.807) is 17.4 Å². The second-order valence-electron chi connectivity index (χ2n) is 5.28. The summed E-state index contributed by atoms with van der Waals surface area (Å²) in [6, 6.07) is 8.49. The smallest absolute Gasteiger partial charge is 0.246 e. The number of hydrogen-bond acceptors (Lipinski definition) is 5. The Bertz CT molecular complexity index is 799. The van der Waals surface area contributed by atoms with E-state index in [0.717, 1.165) is 9.18 Å². The van der Waals surface area contributed by atoms with Crippen LogP contribution in [0.25, 0.3) is 0 Å². The number of ether oxygens (including phenoxy) is 1. The van der Waals surface area contributed by atoms with Crippen molar-refractivity contribution in [3.05, 3.63) is 40.6 Å². The maximum atomic E-state index is 12.4. The largest absolute Gasteiger partial charge is 0.495 e. The molecule has 0 saturated carbocycles. The molecule has 0 aliphatic carbocycles. The van der Waals surface area contributed by atoms with Crippen molar-refractivity contribution in [3.8, 4) is 5.75 Å². The lowest BCUT2D eigenvalue weighted by atomic mass is 10.2. The number of thiophene rings is 1. The van der Waals surface area contributed by atoms with Crippen LogP contribution in [-0.4, -0.2) is 39.8 Å². The van der Waals surface area contributed by atoms with E-state index in [1.807, 2.05) is 17.5 Å². The molecule has 0 unspecified atom stereocenters. The van der Waals surface area contributed by atoms with Crippen molar-refractivity contribution in [2.75, 3.05) is 26.5 Å². The third-order valence-corrected chi connectivity index (χ3v) is 6.16. The minimum atomic E-state index is -3.67. The number of carbonyl (C=O) groups is 1. The Hall–Kier alpha value is -1.90. The topological polar surface area (TPSA) is 75.7 Å². The molecule has 1 aromatic carbocycles. The summed E-state index contributed by atoms with van der Waals surface area (Å²) < 4.78 is 31.0. The summed E-state index contributed by atoms with van der Waals surface area (Å²) in [5.41, 5.74) is 0.424. The van der Waals surface area contributed by atoms with Gasteiger partial charge in [-0.25, -0.2) is 12.7 Å². The van der Waals surface area contributed by atoms with Gasteiger partial charge in [0.05, 0.1) is 7.11 Å². The van der Waals surface area contributed by atoms with Gasteiger partial charge in [-0.2, -0.15) is 0 Å². The maximum Gasteiger partial charge on any atom is 0.246 e. The third kappa shape index (κ3) is 4.34. The molecule has 0 spiro atoms. The lowest BCUT2D eigenvalue weighted by Gasteiger charge is -2.16. The molecule has 0 radical (unpaired) electrons. The summed E-state index contributed by atoms with van der Waals surface area (Å²) in [5.74, 6) is 0.0713. The molecule has 0 atom stereocenters. The van der Waals surface area contributed by atoms with E-state index in [9.17, 15) is 13.2 Å². The van der Waals surface area contributed by atoms with Crippen LogP contribution in [0.2, 0.25) is 0 Å². The first-order chi connectivity index (χ1) is 11.3. The van der Waals surface area contributed by atoms with Gasteiger partial charge in [0.2, 0.25) is 15.9 Å². The van der Waals surface area contributed by atoms with Crippen molar-refractivity contribution in [1.82, 2.24) is 4.31 Å². The van der Waals surface area contributed by atoms with Crippen LogP contribution in [0.4, 0.5) is 5.69 Å². The fraction of sp³-hybridized carbons (Fsp3) is 0.312. The molecule has 0 bridgehead atoms. The van der Waals surface area contributed by atoms with Gasteiger partial charge >= 0.3 is 0 Å². The number of nitrogens with one attached hydrogen (secondary N) is 1. The molecule has 0 saturated heterocycles. The Morgan fingerprint density at radius 3 is 2.62 bits per heavy atom. The highest BCUT2D eigenvalue weighted by atomic mass is 32.2. The summed E-state index contributed by atoms with van der Waals surface area (Å²) in [5, 5.41) is 4.70. The number of aryl methyl sites for hydroxylation is 1. The summed E-state index contributed by atoms with van der Waals surface area (Å²) in [6.07, 6.45) is 0.991. The van der Waals surface area contributed by atoms with Crippen LogP contribution in [0.3, 0.4) is 0 Å². The minimum Gasteiger partial charge on any atom is -0.495 e. The van der Waals surface area contributed by atoms with Gasteiger partial charge in [-0.1, -0.05) is 6.07 Å². The highest BCUT2D eigenvalue weighted by Gasteiger charge is 2.23. The SMILES string of the molecule is COc1ccc(NC(=O)CCc2cccs2)cc1S(=O)(=O)N(C)C. The quantitative estimate of drug-likeness (QED) is 0.815. The fourth-order valence-corrected chi connectivity index (χ4v) is 3.85. The fourth-order valence-electron chi connectivity index (χ4n) is 2.07. The summed E-state index contributed by atoms with van der Waals surface area (Å²) in [7, 11) is 0.630. The summed E-state index contributed by atoms with van der Waals surface area (Å²) >= 11 is 1.60. The predicted octanol–water partition coefficient (Wildman–Crippen LogP) is 2.58. The molecule has 130 valence electrons. The van der Waals surface area contributed by atoms with Gasteiger partial charge in [-0.15, -0.1) is 11.3 Å². The number of carbonyl (C=O) groups excluding carboxylic acids is 1. The van der Waals surface area contributed by atoms with Crippen LogP contribution in [0, 0.1) is 0 Å². The highest BCUT2D eigenvalue weighted by molar-refractivity contribution is 7.89. The molecule has 6 nitrogen and oxygen atoms in total. The van der Waals surface area contributed by atoms with Crippen LogP contribution in [0.5, 0.6) is 5.75 Å². The normalized spacial score (nSPS) is 11.5. The molecule has 1 N–H and O–H groups in total. The van der Waals surface area contributed by atoms with E-state index in [2.05, 4.69) is 5.32 Å². The first-order valence-electron chi connectivity index (χ1n) is 7.27. The van der Waals surface area contributed by atoms with E-state index >= 15 is 0 Å². The Labute approximate surface area is 146 Å². The second-order valence-corrected chi connectivity index (χ2v) is 8.43. The molecule has 2 aromatic rings. The van der Waals surface area contributed by atoms with Crippen molar-refractivity contribution in [1.29, 1.82) is 0 Å². The van der Waals surface area contributed by atoms with Crippen LogP contribution >= 0.6 is 11.3 Å². The number of methoxy groups -OCH3 is 1. The molecule has 1 amide bonds. The molecule has 1 heterocycles. The molecule has 2 rings (SSSR count). The number of anilines is 1. The average Bonchev–Trinajstić information content (AvgIpc) is 3.06. The minimum absolute atomic E-state index is 0.0195. The summed E-state index contributed by atoms with van der Waals surface area (Å²) in [6.45, 7) is 0. The lowest BCUT2D eigenvalue weighted by molar-refractivity contribution is -0.116. The standard InChI is InChI=1S/C16H20N2O4S2/c1-18(2)24(20,21)15-11-12(6-8-14(15)22-3)17-16(19)9-7-13-5-4-10-23-13/h4-6,8,10-11H,7,9H2,1-3H3,(H,17,19). The molecular weight excluding hydrogens is 348 g/mol. The Morgan fingerprint density at radius 2 is 2.04 bits per heavy atom. The molecule has 24 heavy (non-hydrogen) atoms. The zero-order chi connectivity index (χ0) is 17.7. The first kappa shape index (κ1) is 18.4. The van der Waals surface area contributed by atoms with Gasteiger partial charge in [-0.05, 0) is 36.1 Å². The Morgan fingerprint density at radius 1 is 1.29 bits per heavy atom. The predicted molar refractivity (Wildman–Crippen MR) is 95.1 cm³/mol. The van der Waals surface area contributed by atoms with E-state index in [0.29, 0.717) is 18.5 Å². The number of amides is 1. The Kier molecular flexibility index (Phi) is 5.98. The molecule has 1 aromatic heterocycles. The highest BCUT2D eigenvalue weighted by Crippen LogP contribution is 2.29. The molecule has 8 heteroatoms. The van der Waals surface area contributed by atoms with Crippen molar-refractivity contribution in [3.63, 3.8) is 0 Å². The van der Waals surface area contributed by atoms with Crippen molar-refractivity contribution in [2.24, 2.45) is 0 Å². The first-order valence-corrected chi connectivity index (χ1v) is 9.59. The number of rotatable bonds is 7. The monoisotopic (exact) mass is 368 g/mol. The van der Waals surface area contributed by atoms with Crippen molar-refractivity contribution in [2.45, 2.75) is 17.7 Å². The van der Waals surface area contributed by atoms with Crippen molar-refractivity contribution < 1.29 is 17.9 Å². The average molecular weight is 368 g/mol. The number of nitrogens with zero attached hydrogens (tertiary/aromatic N) is 1. The zero-order valence-corrected chi connectivity index (χ0v) is 15.4. The second kappa shape index (κ2) is 7.78. The van der Waals surface area contributed by atoms with E-state index < -0.39 is 10.0 Å². The van der Waals surface area contributed by atoms with Gasteiger partial charge in [-0.3, -0.25) is 4.79 Å². The van der Waals surface area contributed by atoms with E-state index in [-0.39, 0.29) is 16.6 Å². The van der Waals surface area contributed by atoms with Gasteiger partial charge in [0.15, 0.2) is 0 Å². The number of sulfonamides is 1. The maximum absolute atomic E-state index is 12.4. The molecule has 0 aliphatic rings. The lowest BCUT2D eigenvalue weighted by Crippen LogP contribution is -2.23. The van der Waals surface area contributed by atoms with Crippen molar-refractivity contribution >= 4 is 33.0 Å². The third-order valence-electron chi connectivity index (χ3n) is 3.38. The number of benzene rings is 1. The molecule has 0 fully saturated rings. The Balaban J connectivity index is 2.15. The van der Waals surface area contributed by atoms with Crippen LogP contribution in [0.15, 0.2) is 40.6 Å². The molecular formula is C16H20N2O4S2. The van der Waals surface area contributed by atoms with Gasteiger partial charge in [0, 0.05) is 31.1 Å². The van der Waals surface area contributed by atoms with E-state index in [4.69, 9.17) is 4.74 Å². The molecule has 0 aliphatic heterocycles. The number of hydrogen-bond donors (Lipinski definition) is 1. The van der Waals surface area contributed by atoms with Gasteiger partial charge in [0.1, 0.15) is 10.6 Å². The summed E-state index contributed by atoms with van der Waals surface area (Å²) in [4.78, 5) is 13.2. The van der Waals surface area contributed by atoms with Crippen LogP contribution in [-0.2, 0) is 21.2 Å². The zero-order valence-electron chi connectivity index (χ0n) is 13.8.